The van der Waals surface area contributed by atoms with Crippen LogP contribution >= 0.6 is 0 Å². The molecule has 2 saturated carbocycles. The molecule has 304 valence electrons. The Morgan fingerprint density at radius 2 is 1.56 bits per heavy atom. The third-order valence-corrected chi connectivity index (χ3v) is 11.8. The van der Waals surface area contributed by atoms with Crippen LogP contribution < -0.4 is 11.1 Å². The molecule has 3 amide bonds. The van der Waals surface area contributed by atoms with Crippen molar-refractivity contribution < 1.29 is 48.2 Å². The summed E-state index contributed by atoms with van der Waals surface area (Å²) >= 11 is 0. The summed E-state index contributed by atoms with van der Waals surface area (Å²) in [6.07, 6.45) is 10.2. The first-order chi connectivity index (χ1) is 25.7. The number of carbonyl (C=O) groups is 8. The molecular weight excluding hydrogens is 694 g/mol. The van der Waals surface area contributed by atoms with Gasteiger partial charge in [-0.15, -0.1) is 0 Å². The van der Waals surface area contributed by atoms with Crippen LogP contribution in [0.2, 0.25) is 0 Å². The SMILES string of the molecule is CCCCC(NC(=O)CCC(=O)C(=O)C(CCC)CC(=O)[C@@H]1C[C@@H](OCC(=O)O)CN1C(=O)C(CC(=O)CC1CCC(C)CC1)C1CCCCC1)C(N)=O. The fourth-order valence-corrected chi connectivity index (χ4v) is 8.64. The predicted octanol–water partition coefficient (Wildman–Crippen LogP) is 4.88. The number of primary amides is 1. The van der Waals surface area contributed by atoms with Crippen LogP contribution in [0.5, 0.6) is 0 Å². The molecule has 3 fully saturated rings. The maximum absolute atomic E-state index is 14.6. The zero-order chi connectivity index (χ0) is 39.8. The zero-order valence-electron chi connectivity index (χ0n) is 32.8. The van der Waals surface area contributed by atoms with E-state index < -0.39 is 78.2 Å². The quantitative estimate of drug-likeness (QED) is 0.114. The van der Waals surface area contributed by atoms with Gasteiger partial charge in [0.2, 0.25) is 23.5 Å². The number of aliphatic carboxylic acids is 1. The number of hydrogen-bond acceptors (Lipinski definition) is 9. The van der Waals surface area contributed by atoms with Crippen LogP contribution in [0.1, 0.15) is 149 Å². The molecule has 1 heterocycles. The maximum Gasteiger partial charge on any atom is 0.329 e. The molecule has 0 aromatic rings. The molecule has 13 heteroatoms. The van der Waals surface area contributed by atoms with Gasteiger partial charge in [-0.3, -0.25) is 33.6 Å². The molecule has 3 aliphatic rings. The van der Waals surface area contributed by atoms with Gasteiger partial charge in [-0.2, -0.15) is 0 Å². The highest BCUT2D eigenvalue weighted by molar-refractivity contribution is 6.38. The normalized spacial score (nSPS) is 23.6. The molecular formula is C41H65N3O10. The van der Waals surface area contributed by atoms with E-state index in [1.807, 2.05) is 13.8 Å². The molecule has 5 atom stereocenters. The molecule has 0 spiro atoms. The lowest BCUT2D eigenvalue weighted by Gasteiger charge is -2.34. The van der Waals surface area contributed by atoms with Gasteiger partial charge in [0.05, 0.1) is 12.1 Å². The van der Waals surface area contributed by atoms with Gasteiger partial charge in [0, 0.05) is 56.9 Å². The zero-order valence-corrected chi connectivity index (χ0v) is 32.8. The first kappa shape index (κ1) is 44.9. The number of unbranched alkanes of at least 4 members (excludes halogenated alkanes) is 1. The Bertz CT molecular complexity index is 1320. The lowest BCUT2D eigenvalue weighted by atomic mass is 9.75. The molecule has 1 saturated heterocycles. The van der Waals surface area contributed by atoms with E-state index in [4.69, 9.17) is 10.5 Å². The maximum atomic E-state index is 14.6. The Kier molecular flexibility index (Phi) is 19.0. The van der Waals surface area contributed by atoms with Crippen molar-refractivity contribution in [2.24, 2.45) is 35.3 Å². The average Bonchev–Trinajstić information content (AvgIpc) is 3.58. The number of nitrogens with one attached hydrogen (secondary N) is 1. The number of carboxylic acid groups (broad SMARTS) is 1. The smallest absolute Gasteiger partial charge is 0.329 e. The average molecular weight is 760 g/mol. The number of Topliss-reactive ketones (excluding diaryl/α,β-unsaturated/α-hetero) is 4. The van der Waals surface area contributed by atoms with Crippen molar-refractivity contribution in [2.75, 3.05) is 13.2 Å². The Morgan fingerprint density at radius 1 is 0.870 bits per heavy atom. The molecule has 0 radical (unpaired) electrons. The van der Waals surface area contributed by atoms with Crippen molar-refractivity contribution in [3.63, 3.8) is 0 Å². The summed E-state index contributed by atoms with van der Waals surface area (Å²) in [7, 11) is 0. The third-order valence-electron chi connectivity index (χ3n) is 11.8. The minimum Gasteiger partial charge on any atom is -0.480 e. The summed E-state index contributed by atoms with van der Waals surface area (Å²) in [5.41, 5.74) is 5.40. The summed E-state index contributed by atoms with van der Waals surface area (Å²) in [6.45, 7) is 5.38. The molecule has 0 aromatic carbocycles. The Balaban J connectivity index is 1.75. The molecule has 54 heavy (non-hydrogen) atoms. The number of ketones is 4. The first-order valence-electron chi connectivity index (χ1n) is 20.6. The topological polar surface area (TPSA) is 207 Å². The number of rotatable bonds is 24. The Hall–Kier alpha value is -3.48. The molecule has 4 N–H and O–H groups in total. The Morgan fingerprint density at radius 3 is 2.17 bits per heavy atom. The second kappa shape index (κ2) is 22.8. The van der Waals surface area contributed by atoms with Gasteiger partial charge in [0.25, 0.3) is 0 Å². The summed E-state index contributed by atoms with van der Waals surface area (Å²) < 4.78 is 5.60. The number of hydrogen-bond donors (Lipinski definition) is 3. The number of likely N-dealkylation sites (tertiary alicyclic amines) is 1. The van der Waals surface area contributed by atoms with Gasteiger partial charge in [-0.05, 0) is 56.3 Å². The molecule has 1 aliphatic heterocycles. The van der Waals surface area contributed by atoms with E-state index in [2.05, 4.69) is 12.2 Å². The molecule has 13 nitrogen and oxygen atoms in total. The van der Waals surface area contributed by atoms with Crippen molar-refractivity contribution in [1.82, 2.24) is 10.2 Å². The minimum atomic E-state index is -1.18. The lowest BCUT2D eigenvalue weighted by molar-refractivity contribution is -0.146. The summed E-state index contributed by atoms with van der Waals surface area (Å²) in [6, 6.07) is -1.87. The highest BCUT2D eigenvalue weighted by Gasteiger charge is 2.45. The van der Waals surface area contributed by atoms with Crippen LogP contribution in [-0.4, -0.2) is 88.2 Å². The van der Waals surface area contributed by atoms with E-state index in [1.54, 1.807) is 0 Å². The van der Waals surface area contributed by atoms with Gasteiger partial charge in [0.1, 0.15) is 18.4 Å². The van der Waals surface area contributed by atoms with Crippen LogP contribution in [0.25, 0.3) is 0 Å². The van der Waals surface area contributed by atoms with Crippen molar-refractivity contribution in [2.45, 2.75) is 167 Å². The van der Waals surface area contributed by atoms with E-state index in [0.717, 1.165) is 64.2 Å². The van der Waals surface area contributed by atoms with Gasteiger partial charge in [-0.1, -0.05) is 72.1 Å². The van der Waals surface area contributed by atoms with E-state index >= 15 is 0 Å². The molecule has 3 rings (SSSR count). The summed E-state index contributed by atoms with van der Waals surface area (Å²) in [4.78, 5) is 106. The summed E-state index contributed by atoms with van der Waals surface area (Å²) in [5.74, 6) is -5.29. The van der Waals surface area contributed by atoms with Crippen molar-refractivity contribution in [3.05, 3.63) is 0 Å². The minimum absolute atomic E-state index is 0.00850. The fourth-order valence-electron chi connectivity index (χ4n) is 8.64. The third kappa shape index (κ3) is 14.3. The molecule has 2 aliphatic carbocycles. The van der Waals surface area contributed by atoms with Crippen LogP contribution in [0.15, 0.2) is 0 Å². The Labute approximate surface area is 320 Å². The van der Waals surface area contributed by atoms with Crippen LogP contribution in [0, 0.1) is 29.6 Å². The standard InChI is InChI=1S/C41H65N3O10/c1-4-6-13-33(40(42)52)43-37(48)19-18-35(46)39(51)29(10-5-2)21-36(47)34-23-31(54-25-38(49)50)24-44(34)41(53)32(28-11-8-7-9-12-28)22-30(45)20-27-16-14-26(3)15-17-27/h26-29,31-34H,4-25H2,1-3H3,(H2,42,52)(H,43,48)(H,49,50)/t26?,27?,29?,31-,32?,33?,34+/m1/s1. The van der Waals surface area contributed by atoms with E-state index in [1.165, 1.54) is 4.90 Å². The van der Waals surface area contributed by atoms with E-state index in [-0.39, 0.29) is 56.3 Å². The lowest BCUT2D eigenvalue weighted by Crippen LogP contribution is -2.47. The van der Waals surface area contributed by atoms with Gasteiger partial charge in [0.15, 0.2) is 11.6 Å². The van der Waals surface area contributed by atoms with Crippen LogP contribution in [0.4, 0.5) is 0 Å². The second-order valence-corrected chi connectivity index (χ2v) is 16.3. The molecule has 0 aromatic heterocycles. The van der Waals surface area contributed by atoms with Gasteiger partial charge < -0.3 is 25.8 Å². The molecule has 0 bridgehead atoms. The molecule has 3 unspecified atom stereocenters. The number of nitrogens with zero attached hydrogens (tertiary/aromatic N) is 1. The largest absolute Gasteiger partial charge is 0.480 e. The fraction of sp³-hybridized carbons (Fsp3) is 0.805. The number of amides is 3. The second-order valence-electron chi connectivity index (χ2n) is 16.3. The number of carboxylic acids is 1. The van der Waals surface area contributed by atoms with Gasteiger partial charge >= 0.3 is 5.97 Å². The van der Waals surface area contributed by atoms with Gasteiger partial charge in [-0.25, -0.2) is 4.79 Å². The highest BCUT2D eigenvalue weighted by Crippen LogP contribution is 2.37. The first-order valence-corrected chi connectivity index (χ1v) is 20.6. The van der Waals surface area contributed by atoms with Crippen molar-refractivity contribution >= 4 is 46.8 Å². The highest BCUT2D eigenvalue weighted by atomic mass is 16.5. The number of nitrogens with two attached hydrogens (primary N) is 1. The van der Waals surface area contributed by atoms with E-state index in [0.29, 0.717) is 37.5 Å². The van der Waals surface area contributed by atoms with Crippen molar-refractivity contribution in [1.29, 1.82) is 0 Å². The van der Waals surface area contributed by atoms with Crippen LogP contribution in [-0.2, 0) is 43.1 Å². The monoisotopic (exact) mass is 759 g/mol. The number of ether oxygens (including phenoxy) is 1. The van der Waals surface area contributed by atoms with Crippen LogP contribution in [0.3, 0.4) is 0 Å². The predicted molar refractivity (Wildman–Crippen MR) is 201 cm³/mol. The summed E-state index contributed by atoms with van der Waals surface area (Å²) in [5, 5.41) is 11.8. The van der Waals surface area contributed by atoms with E-state index in [9.17, 15) is 43.5 Å². The van der Waals surface area contributed by atoms with Crippen molar-refractivity contribution in [3.8, 4) is 0 Å². The number of carbonyl (C=O) groups excluding carboxylic acids is 7.